The third kappa shape index (κ3) is 3.79. The molecular formula is C17H30N4O2. The van der Waals surface area contributed by atoms with Gasteiger partial charge in [0.1, 0.15) is 0 Å². The first kappa shape index (κ1) is 16.6. The summed E-state index contributed by atoms with van der Waals surface area (Å²) in [7, 11) is 1.94. The second kappa shape index (κ2) is 7.51. The van der Waals surface area contributed by atoms with E-state index in [1.165, 1.54) is 0 Å². The van der Waals surface area contributed by atoms with Gasteiger partial charge >= 0.3 is 6.03 Å². The fourth-order valence-electron chi connectivity index (χ4n) is 4.12. The number of urea groups is 1. The molecule has 1 unspecified atom stereocenters. The number of likely N-dealkylation sites (tertiary alicyclic amines) is 2. The number of nitrogens with zero attached hydrogens (tertiary/aromatic N) is 3. The molecule has 0 bridgehead atoms. The van der Waals surface area contributed by atoms with E-state index in [9.17, 15) is 9.59 Å². The Morgan fingerprint density at radius 2 is 1.61 bits per heavy atom. The van der Waals surface area contributed by atoms with Crippen LogP contribution in [0.2, 0.25) is 0 Å². The third-order valence-electron chi connectivity index (χ3n) is 5.62. The number of piperidine rings is 2. The summed E-state index contributed by atoms with van der Waals surface area (Å²) in [6.45, 7) is 5.14. The predicted molar refractivity (Wildman–Crippen MR) is 89.2 cm³/mol. The topological polar surface area (TPSA) is 55.9 Å². The van der Waals surface area contributed by atoms with Crippen LogP contribution in [0.3, 0.4) is 0 Å². The minimum atomic E-state index is -0.0183. The summed E-state index contributed by atoms with van der Waals surface area (Å²) < 4.78 is 0. The van der Waals surface area contributed by atoms with Gasteiger partial charge in [-0.15, -0.1) is 0 Å². The molecule has 6 heteroatoms. The maximum absolute atomic E-state index is 12.8. The van der Waals surface area contributed by atoms with Crippen molar-refractivity contribution in [2.45, 2.75) is 44.6 Å². The van der Waals surface area contributed by atoms with Crippen LogP contribution in [-0.2, 0) is 4.79 Å². The molecule has 0 radical (unpaired) electrons. The molecular weight excluding hydrogens is 292 g/mol. The molecule has 3 heterocycles. The summed E-state index contributed by atoms with van der Waals surface area (Å²) in [5.41, 5.74) is 0. The summed E-state index contributed by atoms with van der Waals surface area (Å²) in [4.78, 5) is 31.2. The van der Waals surface area contributed by atoms with E-state index in [4.69, 9.17) is 0 Å². The highest BCUT2D eigenvalue weighted by atomic mass is 16.2. The van der Waals surface area contributed by atoms with Gasteiger partial charge in [-0.25, -0.2) is 4.79 Å². The molecule has 3 rings (SSSR count). The van der Waals surface area contributed by atoms with Gasteiger partial charge in [-0.3, -0.25) is 4.79 Å². The molecule has 0 aromatic carbocycles. The molecule has 3 amide bonds. The Labute approximate surface area is 139 Å². The van der Waals surface area contributed by atoms with Gasteiger partial charge in [-0.1, -0.05) is 0 Å². The minimum absolute atomic E-state index is 0.0183. The Morgan fingerprint density at radius 1 is 0.957 bits per heavy atom. The molecule has 0 spiro atoms. The second-order valence-corrected chi connectivity index (χ2v) is 7.19. The first-order valence-corrected chi connectivity index (χ1v) is 9.18. The van der Waals surface area contributed by atoms with Crippen molar-refractivity contribution in [2.24, 2.45) is 5.92 Å². The van der Waals surface area contributed by atoms with Crippen LogP contribution in [0.1, 0.15) is 38.5 Å². The maximum atomic E-state index is 12.8. The van der Waals surface area contributed by atoms with Crippen molar-refractivity contribution < 1.29 is 9.59 Å². The van der Waals surface area contributed by atoms with E-state index >= 15 is 0 Å². The van der Waals surface area contributed by atoms with E-state index in [-0.39, 0.29) is 17.9 Å². The van der Waals surface area contributed by atoms with Crippen LogP contribution in [-0.4, -0.2) is 79.0 Å². The summed E-state index contributed by atoms with van der Waals surface area (Å²) in [6.07, 6.45) is 6.14. The molecule has 3 aliphatic rings. The summed E-state index contributed by atoms with van der Waals surface area (Å²) in [5.74, 6) is 0.214. The molecule has 130 valence electrons. The smallest absolute Gasteiger partial charge is 0.320 e. The van der Waals surface area contributed by atoms with Crippen LogP contribution in [0.5, 0.6) is 0 Å². The number of nitrogens with one attached hydrogen (secondary N) is 1. The molecule has 23 heavy (non-hydrogen) atoms. The zero-order valence-electron chi connectivity index (χ0n) is 14.3. The summed E-state index contributed by atoms with van der Waals surface area (Å²) >= 11 is 0. The largest absolute Gasteiger partial charge is 0.342 e. The molecule has 6 nitrogen and oxygen atoms in total. The SMILES string of the molecule is CN(C(=O)C1CCCN(C(=O)N2CCCC2)C1)C1CCNCC1. The van der Waals surface area contributed by atoms with Crippen molar-refractivity contribution in [1.82, 2.24) is 20.0 Å². The zero-order valence-corrected chi connectivity index (χ0v) is 14.3. The lowest BCUT2D eigenvalue weighted by molar-refractivity contribution is -0.138. The summed E-state index contributed by atoms with van der Waals surface area (Å²) in [5, 5.41) is 3.34. The summed E-state index contributed by atoms with van der Waals surface area (Å²) in [6, 6.07) is 0.498. The van der Waals surface area contributed by atoms with Crippen LogP contribution in [0, 0.1) is 5.92 Å². The van der Waals surface area contributed by atoms with Gasteiger partial charge in [0.25, 0.3) is 0 Å². The van der Waals surface area contributed by atoms with E-state index in [1.807, 2.05) is 21.7 Å². The van der Waals surface area contributed by atoms with Crippen LogP contribution in [0.4, 0.5) is 4.79 Å². The van der Waals surface area contributed by atoms with E-state index in [1.54, 1.807) is 0 Å². The van der Waals surface area contributed by atoms with Crippen molar-refractivity contribution in [1.29, 1.82) is 0 Å². The monoisotopic (exact) mass is 322 g/mol. The van der Waals surface area contributed by atoms with Gasteiger partial charge in [0.2, 0.25) is 5.91 Å². The maximum Gasteiger partial charge on any atom is 0.320 e. The normalized spacial score (nSPS) is 26.4. The highest BCUT2D eigenvalue weighted by Crippen LogP contribution is 2.23. The number of rotatable bonds is 2. The molecule has 3 saturated heterocycles. The standard InChI is InChI=1S/C17H30N4O2/c1-19(15-6-8-18-9-7-15)16(22)14-5-4-12-21(13-14)17(23)20-10-2-3-11-20/h14-15,18H,2-13H2,1H3. The van der Waals surface area contributed by atoms with Crippen molar-refractivity contribution >= 4 is 11.9 Å². The lowest BCUT2D eigenvalue weighted by Crippen LogP contribution is -2.52. The Balaban J connectivity index is 1.56. The molecule has 3 fully saturated rings. The van der Waals surface area contributed by atoms with Gasteiger partial charge in [0.15, 0.2) is 0 Å². The highest BCUT2D eigenvalue weighted by Gasteiger charge is 2.34. The van der Waals surface area contributed by atoms with Crippen LogP contribution >= 0.6 is 0 Å². The fraction of sp³-hybridized carbons (Fsp3) is 0.882. The second-order valence-electron chi connectivity index (χ2n) is 7.19. The number of carbonyl (C=O) groups excluding carboxylic acids is 2. The number of amides is 3. The van der Waals surface area contributed by atoms with Gasteiger partial charge in [-0.05, 0) is 51.6 Å². The Bertz CT molecular complexity index is 430. The first-order valence-electron chi connectivity index (χ1n) is 9.18. The Morgan fingerprint density at radius 3 is 2.30 bits per heavy atom. The van der Waals surface area contributed by atoms with Gasteiger partial charge in [0, 0.05) is 39.3 Å². The van der Waals surface area contributed by atoms with Crippen molar-refractivity contribution in [2.75, 3.05) is 46.3 Å². The van der Waals surface area contributed by atoms with Crippen molar-refractivity contribution in [3.8, 4) is 0 Å². The molecule has 0 saturated carbocycles. The zero-order chi connectivity index (χ0) is 16.2. The van der Waals surface area contributed by atoms with Gasteiger partial charge in [0.05, 0.1) is 5.92 Å². The average molecular weight is 322 g/mol. The van der Waals surface area contributed by atoms with Gasteiger partial charge in [-0.2, -0.15) is 0 Å². The first-order chi connectivity index (χ1) is 11.2. The van der Waals surface area contributed by atoms with Crippen LogP contribution in [0.25, 0.3) is 0 Å². The molecule has 3 aliphatic heterocycles. The van der Waals surface area contributed by atoms with Crippen molar-refractivity contribution in [3.05, 3.63) is 0 Å². The van der Waals surface area contributed by atoms with E-state index in [0.29, 0.717) is 12.6 Å². The fourth-order valence-corrected chi connectivity index (χ4v) is 4.12. The van der Waals surface area contributed by atoms with E-state index in [2.05, 4.69) is 5.32 Å². The predicted octanol–water partition coefficient (Wildman–Crippen LogP) is 1.12. The van der Waals surface area contributed by atoms with Crippen LogP contribution in [0.15, 0.2) is 0 Å². The molecule has 1 N–H and O–H groups in total. The van der Waals surface area contributed by atoms with E-state index in [0.717, 1.165) is 71.2 Å². The Kier molecular flexibility index (Phi) is 5.41. The molecule has 1 atom stereocenters. The molecule has 0 aliphatic carbocycles. The minimum Gasteiger partial charge on any atom is -0.342 e. The van der Waals surface area contributed by atoms with Crippen molar-refractivity contribution in [3.63, 3.8) is 0 Å². The van der Waals surface area contributed by atoms with Crippen LogP contribution < -0.4 is 5.32 Å². The lowest BCUT2D eigenvalue weighted by Gasteiger charge is -2.38. The number of carbonyl (C=O) groups is 2. The average Bonchev–Trinajstić information content (AvgIpc) is 3.15. The quantitative estimate of drug-likeness (QED) is 0.829. The van der Waals surface area contributed by atoms with Gasteiger partial charge < -0.3 is 20.0 Å². The highest BCUT2D eigenvalue weighted by molar-refractivity contribution is 5.81. The number of hydrogen-bond acceptors (Lipinski definition) is 3. The number of hydrogen-bond donors (Lipinski definition) is 1. The Hall–Kier alpha value is -1.30. The lowest BCUT2D eigenvalue weighted by atomic mass is 9.95. The third-order valence-corrected chi connectivity index (χ3v) is 5.62. The molecule has 0 aromatic rings. The molecule has 0 aromatic heterocycles. The van der Waals surface area contributed by atoms with E-state index < -0.39 is 0 Å².